The van der Waals surface area contributed by atoms with Gasteiger partial charge in [0.1, 0.15) is 5.75 Å². The van der Waals surface area contributed by atoms with Crippen LogP contribution in [0.15, 0.2) is 48.9 Å². The second-order valence-electron chi connectivity index (χ2n) is 8.64. The summed E-state index contributed by atoms with van der Waals surface area (Å²) in [7, 11) is -1.99. The fraction of sp³-hybridized carbons (Fsp3) is 0.440. The molecule has 0 aliphatic carbocycles. The minimum atomic E-state index is -1.99. The molecule has 2 aromatic heterocycles. The van der Waals surface area contributed by atoms with Crippen molar-refractivity contribution in [3.8, 4) is 5.75 Å². The standard InChI is InChI=1S/C25H35N3O4Si/c1-5-33(6-2,7-3)32-23(19-10-9-13-26-15-19)17-28(25(30)31)18(4)14-20-16-27-24-21(20)11-8-12-22(24)29/h8-13,15-16,18,23,27,29H,5-7,14,17H2,1-4H3,(H,30,31)/t18-,23-/m1/s1. The Hall–Kier alpha value is -2.84. The number of para-hydroxylation sites is 1. The van der Waals surface area contributed by atoms with Gasteiger partial charge in [0.15, 0.2) is 8.32 Å². The third-order valence-electron chi connectivity index (χ3n) is 6.82. The molecule has 7 nitrogen and oxygen atoms in total. The van der Waals surface area contributed by atoms with Gasteiger partial charge in [0, 0.05) is 30.0 Å². The van der Waals surface area contributed by atoms with E-state index in [1.54, 1.807) is 24.5 Å². The topological polar surface area (TPSA) is 98.7 Å². The first kappa shape index (κ1) is 24.8. The number of fused-ring (bicyclic) bond motifs is 1. The van der Waals surface area contributed by atoms with Gasteiger partial charge in [-0.15, -0.1) is 0 Å². The first-order valence-electron chi connectivity index (χ1n) is 11.7. The summed E-state index contributed by atoms with van der Waals surface area (Å²) >= 11 is 0. The van der Waals surface area contributed by atoms with Crippen molar-refractivity contribution >= 4 is 25.3 Å². The lowest BCUT2D eigenvalue weighted by Crippen LogP contribution is -2.45. The van der Waals surface area contributed by atoms with Crippen molar-refractivity contribution < 1.29 is 19.4 Å². The molecule has 2 atom stereocenters. The molecule has 1 aromatic carbocycles. The van der Waals surface area contributed by atoms with Gasteiger partial charge in [-0.1, -0.05) is 39.0 Å². The van der Waals surface area contributed by atoms with Crippen molar-refractivity contribution in [2.75, 3.05) is 6.54 Å². The average molecular weight is 470 g/mol. The Kier molecular flexibility index (Phi) is 8.15. The first-order valence-corrected chi connectivity index (χ1v) is 14.2. The van der Waals surface area contributed by atoms with Crippen LogP contribution in [0.1, 0.15) is 44.9 Å². The Labute approximate surface area is 196 Å². The molecule has 33 heavy (non-hydrogen) atoms. The van der Waals surface area contributed by atoms with Gasteiger partial charge in [0.05, 0.1) is 18.2 Å². The van der Waals surface area contributed by atoms with Crippen LogP contribution in [0.25, 0.3) is 10.9 Å². The third kappa shape index (κ3) is 5.57. The van der Waals surface area contributed by atoms with E-state index < -0.39 is 14.4 Å². The lowest BCUT2D eigenvalue weighted by molar-refractivity contribution is 0.0854. The Bertz CT molecular complexity index is 1040. The highest BCUT2D eigenvalue weighted by molar-refractivity contribution is 6.73. The maximum Gasteiger partial charge on any atom is 0.407 e. The fourth-order valence-electron chi connectivity index (χ4n) is 4.50. The number of nitrogens with one attached hydrogen (secondary N) is 1. The Balaban J connectivity index is 1.87. The van der Waals surface area contributed by atoms with Gasteiger partial charge in [0.25, 0.3) is 0 Å². The molecule has 0 aliphatic heterocycles. The number of amides is 1. The van der Waals surface area contributed by atoms with E-state index in [0.29, 0.717) is 11.9 Å². The van der Waals surface area contributed by atoms with Crippen molar-refractivity contribution in [3.05, 3.63) is 60.0 Å². The summed E-state index contributed by atoms with van der Waals surface area (Å²) in [6.07, 6.45) is 4.52. The zero-order valence-corrected chi connectivity index (χ0v) is 20.9. The number of H-pyrrole nitrogens is 1. The van der Waals surface area contributed by atoms with Crippen LogP contribution >= 0.6 is 0 Å². The molecule has 0 fully saturated rings. The maximum absolute atomic E-state index is 12.3. The van der Waals surface area contributed by atoms with E-state index in [9.17, 15) is 15.0 Å². The fourth-order valence-corrected chi connectivity index (χ4v) is 7.31. The lowest BCUT2D eigenvalue weighted by Gasteiger charge is -2.37. The van der Waals surface area contributed by atoms with E-state index in [2.05, 4.69) is 30.7 Å². The number of hydrogen-bond acceptors (Lipinski definition) is 4. The number of benzene rings is 1. The number of aromatic hydroxyl groups is 1. The van der Waals surface area contributed by atoms with Crippen LogP contribution in [0.2, 0.25) is 18.1 Å². The van der Waals surface area contributed by atoms with Crippen LogP contribution in [0.3, 0.4) is 0 Å². The molecule has 3 rings (SSSR count). The Morgan fingerprint density at radius 3 is 2.52 bits per heavy atom. The maximum atomic E-state index is 12.3. The summed E-state index contributed by atoms with van der Waals surface area (Å²) in [5.74, 6) is 0.187. The highest BCUT2D eigenvalue weighted by Gasteiger charge is 2.35. The van der Waals surface area contributed by atoms with Crippen LogP contribution in [-0.2, 0) is 10.8 Å². The van der Waals surface area contributed by atoms with Gasteiger partial charge < -0.3 is 24.5 Å². The van der Waals surface area contributed by atoms with E-state index >= 15 is 0 Å². The van der Waals surface area contributed by atoms with E-state index in [1.807, 2.05) is 31.3 Å². The van der Waals surface area contributed by atoms with Crippen LogP contribution in [0.5, 0.6) is 5.75 Å². The number of pyridine rings is 1. The molecule has 0 unspecified atom stereocenters. The van der Waals surface area contributed by atoms with E-state index in [1.165, 1.54) is 4.90 Å². The SMILES string of the molecule is CC[Si](CC)(CC)O[C@H](CN(C(=O)O)[C@H](C)Cc1c[nH]c2c(O)cccc12)c1cccnc1. The molecule has 3 N–H and O–H groups in total. The number of aromatic nitrogens is 2. The molecule has 0 saturated heterocycles. The van der Waals surface area contributed by atoms with Crippen molar-refractivity contribution in [3.63, 3.8) is 0 Å². The summed E-state index contributed by atoms with van der Waals surface area (Å²) in [4.78, 5) is 21.2. The number of carboxylic acid groups (broad SMARTS) is 1. The molecule has 1 amide bonds. The second kappa shape index (κ2) is 10.9. The van der Waals surface area contributed by atoms with E-state index in [-0.39, 0.29) is 24.4 Å². The van der Waals surface area contributed by atoms with Gasteiger partial charge in [-0.05, 0) is 54.7 Å². The Morgan fingerprint density at radius 2 is 1.91 bits per heavy atom. The van der Waals surface area contributed by atoms with Crippen molar-refractivity contribution in [1.29, 1.82) is 0 Å². The summed E-state index contributed by atoms with van der Waals surface area (Å²) in [6, 6.07) is 11.9. The normalized spacial score (nSPS) is 13.7. The second-order valence-corrected chi connectivity index (χ2v) is 13.4. The van der Waals surface area contributed by atoms with Gasteiger partial charge in [-0.25, -0.2) is 4.79 Å². The van der Waals surface area contributed by atoms with Crippen LogP contribution in [0, 0.1) is 0 Å². The molecular formula is C25H35N3O4Si. The minimum absolute atomic E-state index is 0.187. The summed E-state index contributed by atoms with van der Waals surface area (Å²) < 4.78 is 6.78. The monoisotopic (exact) mass is 469 g/mol. The molecule has 178 valence electrons. The third-order valence-corrected chi connectivity index (χ3v) is 11.5. The number of carbonyl (C=O) groups is 1. The zero-order valence-electron chi connectivity index (χ0n) is 19.9. The van der Waals surface area contributed by atoms with E-state index in [4.69, 9.17) is 4.43 Å². The average Bonchev–Trinajstić information content (AvgIpc) is 3.24. The molecule has 0 spiro atoms. The zero-order chi connectivity index (χ0) is 24.0. The summed E-state index contributed by atoms with van der Waals surface area (Å²) in [5, 5.41) is 21.1. The van der Waals surface area contributed by atoms with E-state index in [0.717, 1.165) is 34.6 Å². The predicted molar refractivity (Wildman–Crippen MR) is 133 cm³/mol. The molecular weight excluding hydrogens is 434 g/mol. The number of nitrogens with zero attached hydrogens (tertiary/aromatic N) is 2. The highest BCUT2D eigenvalue weighted by Crippen LogP contribution is 2.32. The van der Waals surface area contributed by atoms with Gasteiger partial charge in [-0.2, -0.15) is 0 Å². The van der Waals surface area contributed by atoms with Gasteiger partial charge in [0.2, 0.25) is 0 Å². The summed E-state index contributed by atoms with van der Waals surface area (Å²) in [5.41, 5.74) is 2.54. The van der Waals surface area contributed by atoms with Crippen molar-refractivity contribution in [2.45, 2.75) is 64.4 Å². The van der Waals surface area contributed by atoms with Crippen LogP contribution in [-0.4, -0.2) is 52.1 Å². The first-order chi connectivity index (χ1) is 15.8. The lowest BCUT2D eigenvalue weighted by atomic mass is 10.0. The molecule has 0 aliphatic rings. The number of rotatable bonds is 11. The summed E-state index contributed by atoms with van der Waals surface area (Å²) in [6.45, 7) is 8.67. The number of aromatic amines is 1. The molecule has 0 bridgehead atoms. The largest absolute Gasteiger partial charge is 0.506 e. The molecule has 0 radical (unpaired) electrons. The molecule has 2 heterocycles. The predicted octanol–water partition coefficient (Wildman–Crippen LogP) is 5.94. The molecule has 8 heteroatoms. The number of hydrogen-bond donors (Lipinski definition) is 3. The van der Waals surface area contributed by atoms with Crippen LogP contribution in [0.4, 0.5) is 4.79 Å². The van der Waals surface area contributed by atoms with Crippen molar-refractivity contribution in [1.82, 2.24) is 14.9 Å². The van der Waals surface area contributed by atoms with Crippen molar-refractivity contribution in [2.24, 2.45) is 0 Å². The molecule has 0 saturated carbocycles. The minimum Gasteiger partial charge on any atom is -0.506 e. The smallest absolute Gasteiger partial charge is 0.407 e. The molecule has 3 aromatic rings. The van der Waals surface area contributed by atoms with Gasteiger partial charge >= 0.3 is 6.09 Å². The van der Waals surface area contributed by atoms with Crippen LogP contribution < -0.4 is 0 Å². The number of phenolic OH excluding ortho intramolecular Hbond substituents is 1. The highest BCUT2D eigenvalue weighted by atomic mass is 28.4. The Morgan fingerprint density at radius 1 is 1.18 bits per heavy atom. The number of phenols is 1. The van der Waals surface area contributed by atoms with Gasteiger partial charge in [-0.3, -0.25) is 4.98 Å². The quantitative estimate of drug-likeness (QED) is 0.302.